The normalized spacial score (nSPS) is 11.4. The maximum Gasteiger partial charge on any atom is 0.251 e. The van der Waals surface area contributed by atoms with Crippen molar-refractivity contribution in [1.29, 1.82) is 0 Å². The van der Waals surface area contributed by atoms with E-state index in [1.807, 2.05) is 0 Å². The predicted molar refractivity (Wildman–Crippen MR) is 102 cm³/mol. The van der Waals surface area contributed by atoms with Crippen molar-refractivity contribution < 1.29 is 31.5 Å². The molecule has 2 aromatic rings. The first-order chi connectivity index (χ1) is 13.6. The Morgan fingerprint density at radius 1 is 1.14 bits per heavy atom. The van der Waals surface area contributed by atoms with E-state index in [2.05, 4.69) is 10.0 Å². The molecule has 2 aromatic carbocycles. The third-order valence-corrected chi connectivity index (χ3v) is 5.19. The maximum absolute atomic E-state index is 13.8. The van der Waals surface area contributed by atoms with Gasteiger partial charge in [0.25, 0.3) is 5.91 Å². The van der Waals surface area contributed by atoms with Gasteiger partial charge in [0.2, 0.25) is 15.9 Å². The van der Waals surface area contributed by atoms with E-state index in [-0.39, 0.29) is 10.6 Å². The number of ether oxygens (including phenoxy) is 1. The molecule has 0 aliphatic carbocycles. The smallest absolute Gasteiger partial charge is 0.251 e. The molecular formula is C18H17F2N3O5S. The Bertz CT molecular complexity index is 1100. The van der Waals surface area contributed by atoms with Gasteiger partial charge in [-0.25, -0.2) is 21.9 Å². The Morgan fingerprint density at radius 2 is 1.83 bits per heavy atom. The fourth-order valence-electron chi connectivity index (χ4n) is 2.30. The summed E-state index contributed by atoms with van der Waals surface area (Å²) in [6.45, 7) is 0. The zero-order valence-electron chi connectivity index (χ0n) is 15.3. The first-order valence-corrected chi connectivity index (χ1v) is 9.47. The zero-order chi connectivity index (χ0) is 21.8. The molecule has 0 aliphatic heterocycles. The average Bonchev–Trinajstić information content (AvgIpc) is 2.67. The molecule has 0 saturated heterocycles. The number of sulfonamides is 1. The summed E-state index contributed by atoms with van der Waals surface area (Å²) in [5, 5.41) is 2.15. The molecule has 0 aromatic heterocycles. The minimum Gasteiger partial charge on any atom is -0.495 e. The molecule has 8 nitrogen and oxygen atoms in total. The molecular weight excluding hydrogens is 408 g/mol. The van der Waals surface area contributed by atoms with Crippen LogP contribution >= 0.6 is 0 Å². The van der Waals surface area contributed by atoms with Crippen LogP contribution in [0.25, 0.3) is 6.08 Å². The summed E-state index contributed by atoms with van der Waals surface area (Å²) in [7, 11) is -1.26. The van der Waals surface area contributed by atoms with Crippen LogP contribution in [0.5, 0.6) is 5.75 Å². The van der Waals surface area contributed by atoms with E-state index in [0.29, 0.717) is 11.6 Å². The second kappa shape index (κ2) is 8.80. The van der Waals surface area contributed by atoms with Gasteiger partial charge in [-0.05, 0) is 36.9 Å². The Balaban J connectivity index is 2.27. The second-order valence-electron chi connectivity index (χ2n) is 5.62. The molecule has 4 N–H and O–H groups in total. The fourth-order valence-corrected chi connectivity index (χ4v) is 3.22. The van der Waals surface area contributed by atoms with E-state index in [0.717, 1.165) is 12.1 Å². The lowest BCUT2D eigenvalue weighted by molar-refractivity contribution is -0.111. The summed E-state index contributed by atoms with van der Waals surface area (Å²) in [5.74, 6) is -4.07. The number of nitrogens with one attached hydrogen (secondary N) is 2. The van der Waals surface area contributed by atoms with E-state index >= 15 is 0 Å². The Kier molecular flexibility index (Phi) is 6.67. The van der Waals surface area contributed by atoms with Crippen molar-refractivity contribution in [2.45, 2.75) is 4.90 Å². The number of hydrogen-bond donors (Lipinski definition) is 3. The monoisotopic (exact) mass is 425 g/mol. The van der Waals surface area contributed by atoms with Crippen LogP contribution in [-0.2, 0) is 14.8 Å². The van der Waals surface area contributed by atoms with Crippen molar-refractivity contribution in [3.63, 3.8) is 0 Å². The molecule has 0 saturated carbocycles. The van der Waals surface area contributed by atoms with Gasteiger partial charge >= 0.3 is 0 Å². The topological polar surface area (TPSA) is 128 Å². The Hall–Kier alpha value is -3.31. The lowest BCUT2D eigenvalue weighted by Gasteiger charge is -2.09. The summed E-state index contributed by atoms with van der Waals surface area (Å²) in [6, 6.07) is 5.39. The summed E-state index contributed by atoms with van der Waals surface area (Å²) in [6.07, 6.45) is 2.28. The standard InChI is InChI=1S/C18H17F2N3O5S/c1-22-29(26,27)16-7-10(3-5-15(16)28-2)4-6-17(24)23-14-8-11(18(21)25)12(19)9-13(14)20/h3-9,22H,1-2H3,(H2,21,25)(H,23,24)/b6-4+. The summed E-state index contributed by atoms with van der Waals surface area (Å²) < 4.78 is 58.6. The lowest BCUT2D eigenvalue weighted by atomic mass is 10.1. The van der Waals surface area contributed by atoms with Crippen LogP contribution in [0.3, 0.4) is 0 Å². The van der Waals surface area contributed by atoms with E-state index in [1.54, 1.807) is 0 Å². The van der Waals surface area contributed by atoms with E-state index in [4.69, 9.17) is 10.5 Å². The van der Waals surface area contributed by atoms with Crippen molar-refractivity contribution in [3.8, 4) is 5.75 Å². The van der Waals surface area contributed by atoms with E-state index in [1.165, 1.54) is 38.4 Å². The average molecular weight is 425 g/mol. The number of rotatable bonds is 7. The lowest BCUT2D eigenvalue weighted by Crippen LogP contribution is -2.19. The van der Waals surface area contributed by atoms with E-state index < -0.39 is 44.7 Å². The molecule has 0 atom stereocenters. The van der Waals surface area contributed by atoms with Crippen LogP contribution in [0.15, 0.2) is 41.3 Å². The van der Waals surface area contributed by atoms with Crippen LogP contribution in [0.2, 0.25) is 0 Å². The summed E-state index contributed by atoms with van der Waals surface area (Å²) in [4.78, 5) is 23.0. The molecule has 0 fully saturated rings. The van der Waals surface area contributed by atoms with Gasteiger partial charge in [0.05, 0.1) is 18.4 Å². The first kappa shape index (κ1) is 22.0. The van der Waals surface area contributed by atoms with Gasteiger partial charge < -0.3 is 15.8 Å². The molecule has 29 heavy (non-hydrogen) atoms. The van der Waals surface area contributed by atoms with Gasteiger partial charge in [-0.1, -0.05) is 6.07 Å². The molecule has 154 valence electrons. The number of benzene rings is 2. The highest BCUT2D eigenvalue weighted by Gasteiger charge is 2.18. The molecule has 0 aliphatic rings. The minimum atomic E-state index is -3.81. The molecule has 11 heteroatoms. The molecule has 0 radical (unpaired) electrons. The van der Waals surface area contributed by atoms with Gasteiger partial charge in [0, 0.05) is 12.1 Å². The number of nitrogens with two attached hydrogens (primary N) is 1. The van der Waals surface area contributed by atoms with Crippen LogP contribution in [0.4, 0.5) is 14.5 Å². The molecule has 2 rings (SSSR count). The number of halogens is 2. The number of anilines is 1. The van der Waals surface area contributed by atoms with Crippen LogP contribution in [-0.4, -0.2) is 34.4 Å². The number of primary amides is 1. The van der Waals surface area contributed by atoms with Gasteiger partial charge in [-0.3, -0.25) is 9.59 Å². The van der Waals surface area contributed by atoms with Gasteiger partial charge in [0.1, 0.15) is 22.3 Å². The van der Waals surface area contributed by atoms with Crippen LogP contribution in [0, 0.1) is 11.6 Å². The third-order valence-electron chi connectivity index (χ3n) is 3.75. The maximum atomic E-state index is 13.8. The first-order valence-electron chi connectivity index (χ1n) is 7.98. The quantitative estimate of drug-likeness (QED) is 0.581. The number of methoxy groups -OCH3 is 1. The van der Waals surface area contributed by atoms with Crippen LogP contribution in [0.1, 0.15) is 15.9 Å². The van der Waals surface area contributed by atoms with Gasteiger partial charge in [0.15, 0.2) is 0 Å². The van der Waals surface area contributed by atoms with Crippen molar-refractivity contribution in [3.05, 3.63) is 59.2 Å². The predicted octanol–water partition coefficient (Wildman–Crippen LogP) is 1.63. The minimum absolute atomic E-state index is 0.105. The highest BCUT2D eigenvalue weighted by Crippen LogP contribution is 2.25. The number of carbonyl (C=O) groups is 2. The second-order valence-corrected chi connectivity index (χ2v) is 7.47. The number of hydrogen-bond acceptors (Lipinski definition) is 5. The Morgan fingerprint density at radius 3 is 2.41 bits per heavy atom. The third kappa shape index (κ3) is 5.15. The number of amides is 2. The highest BCUT2D eigenvalue weighted by atomic mass is 32.2. The van der Waals surface area contributed by atoms with Crippen molar-refractivity contribution in [1.82, 2.24) is 4.72 Å². The molecule has 0 spiro atoms. The van der Waals surface area contributed by atoms with E-state index in [9.17, 15) is 26.8 Å². The Labute approximate surface area is 165 Å². The largest absolute Gasteiger partial charge is 0.495 e. The van der Waals surface area contributed by atoms with Gasteiger partial charge in [-0.15, -0.1) is 0 Å². The summed E-state index contributed by atoms with van der Waals surface area (Å²) in [5.41, 5.74) is 4.31. The molecule has 0 heterocycles. The SMILES string of the molecule is CNS(=O)(=O)c1cc(/C=C/C(=O)Nc2cc(C(N)=O)c(F)cc2F)ccc1OC. The fraction of sp³-hybridized carbons (Fsp3) is 0.111. The molecule has 2 amide bonds. The molecule has 0 bridgehead atoms. The summed E-state index contributed by atoms with van der Waals surface area (Å²) >= 11 is 0. The van der Waals surface area contributed by atoms with Crippen molar-refractivity contribution >= 4 is 33.6 Å². The van der Waals surface area contributed by atoms with Gasteiger partial charge in [-0.2, -0.15) is 0 Å². The molecule has 0 unspecified atom stereocenters. The van der Waals surface area contributed by atoms with Crippen molar-refractivity contribution in [2.75, 3.05) is 19.5 Å². The number of carbonyl (C=O) groups excluding carboxylic acids is 2. The van der Waals surface area contributed by atoms with Crippen molar-refractivity contribution in [2.24, 2.45) is 5.73 Å². The van der Waals surface area contributed by atoms with Crippen LogP contribution < -0.4 is 20.5 Å². The highest BCUT2D eigenvalue weighted by molar-refractivity contribution is 7.89. The zero-order valence-corrected chi connectivity index (χ0v) is 16.1.